The summed E-state index contributed by atoms with van der Waals surface area (Å²) in [5.74, 6) is -0.484. The zero-order chi connectivity index (χ0) is 33.3. The lowest BCUT2D eigenvalue weighted by molar-refractivity contribution is -0.311. The smallest absolute Gasteiger partial charge is 0.217 e. The number of aliphatic hydroxyl groups is 8. The molecule has 0 aromatic rings. The zero-order valence-electron chi connectivity index (χ0n) is 24.5. The quantitative estimate of drug-likeness (QED) is 0.104. The van der Waals surface area contributed by atoms with E-state index in [-0.39, 0.29) is 13.0 Å². The molecule has 20 heteroatoms. The van der Waals surface area contributed by atoms with Crippen molar-refractivity contribution in [2.24, 2.45) is 22.9 Å². The van der Waals surface area contributed by atoms with Gasteiger partial charge in [0.15, 0.2) is 18.9 Å². The topological polar surface area (TPSA) is 350 Å². The normalized spacial score (nSPS) is 50.8. The highest BCUT2D eigenvalue weighted by molar-refractivity contribution is 5.73. The van der Waals surface area contributed by atoms with Gasteiger partial charge in [0, 0.05) is 19.5 Å². The molecule has 3 heterocycles. The predicted octanol–water partition coefficient (Wildman–Crippen LogP) is -8.68. The number of amides is 1. The summed E-state index contributed by atoms with van der Waals surface area (Å²) in [6.07, 6.45) is -21.3. The van der Waals surface area contributed by atoms with Gasteiger partial charge >= 0.3 is 0 Å². The first kappa shape index (κ1) is 36.6. The van der Waals surface area contributed by atoms with Crippen LogP contribution in [0, 0.1) is 0 Å². The average Bonchev–Trinajstić information content (AvgIpc) is 3.30. The highest BCUT2D eigenvalue weighted by Gasteiger charge is 2.54. The maximum Gasteiger partial charge on any atom is 0.217 e. The van der Waals surface area contributed by atoms with Gasteiger partial charge in [-0.1, -0.05) is 0 Å². The molecule has 3 saturated heterocycles. The van der Waals surface area contributed by atoms with E-state index in [1.165, 1.54) is 6.92 Å². The van der Waals surface area contributed by atoms with E-state index < -0.39 is 135 Å². The second-order valence-electron chi connectivity index (χ2n) is 11.8. The Labute approximate surface area is 258 Å². The number of hydrogen-bond acceptors (Lipinski definition) is 19. The third-order valence-corrected chi connectivity index (χ3v) is 8.66. The monoisotopic (exact) mass is 657 g/mol. The van der Waals surface area contributed by atoms with Gasteiger partial charge < -0.3 is 97.5 Å². The molecule has 262 valence electrons. The number of carbonyl (C=O) groups is 1. The molecule has 0 bridgehead atoms. The number of ether oxygens (including phenoxy) is 6. The molecule has 4 rings (SSSR count). The minimum atomic E-state index is -1.67. The highest BCUT2D eigenvalue weighted by atomic mass is 16.8. The van der Waals surface area contributed by atoms with Crippen molar-refractivity contribution >= 4 is 5.91 Å². The van der Waals surface area contributed by atoms with E-state index in [1.54, 1.807) is 0 Å². The lowest BCUT2D eigenvalue weighted by Gasteiger charge is -2.47. The molecule has 1 aliphatic carbocycles. The Bertz CT molecular complexity index is 972. The first-order valence-electron chi connectivity index (χ1n) is 14.7. The number of carbonyl (C=O) groups excluding carboxylic acids is 1. The molecule has 45 heavy (non-hydrogen) atoms. The van der Waals surface area contributed by atoms with Crippen LogP contribution in [0.1, 0.15) is 13.3 Å². The van der Waals surface area contributed by atoms with Crippen molar-refractivity contribution in [3.8, 4) is 0 Å². The first-order valence-corrected chi connectivity index (χ1v) is 14.7. The van der Waals surface area contributed by atoms with Crippen LogP contribution in [0.2, 0.25) is 0 Å². The van der Waals surface area contributed by atoms with Gasteiger partial charge in [0.2, 0.25) is 5.91 Å². The van der Waals surface area contributed by atoms with Crippen molar-refractivity contribution in [3.63, 3.8) is 0 Å². The highest BCUT2D eigenvalue weighted by Crippen LogP contribution is 2.34. The van der Waals surface area contributed by atoms with Gasteiger partial charge in [0.1, 0.15) is 73.2 Å². The Morgan fingerprint density at radius 3 is 1.71 bits per heavy atom. The van der Waals surface area contributed by atoms with Crippen molar-refractivity contribution in [1.82, 2.24) is 5.32 Å². The third kappa shape index (κ3) is 7.58. The van der Waals surface area contributed by atoms with Gasteiger partial charge in [-0.3, -0.25) is 4.79 Å². The molecule has 0 aromatic carbocycles. The molecule has 1 amide bonds. The van der Waals surface area contributed by atoms with Gasteiger partial charge in [0.05, 0.1) is 31.3 Å². The largest absolute Gasteiger partial charge is 0.394 e. The second kappa shape index (κ2) is 15.3. The van der Waals surface area contributed by atoms with Gasteiger partial charge in [-0.25, -0.2) is 0 Å². The molecule has 17 N–H and O–H groups in total. The minimum absolute atomic E-state index is 0.0195. The maximum absolute atomic E-state index is 11.9. The van der Waals surface area contributed by atoms with Gasteiger partial charge in [-0.05, 0) is 6.42 Å². The lowest BCUT2D eigenvalue weighted by Crippen LogP contribution is -2.68. The maximum atomic E-state index is 11.9. The minimum Gasteiger partial charge on any atom is -0.394 e. The van der Waals surface area contributed by atoms with E-state index in [0.29, 0.717) is 0 Å². The van der Waals surface area contributed by atoms with Crippen molar-refractivity contribution in [2.45, 2.75) is 130 Å². The van der Waals surface area contributed by atoms with Crippen LogP contribution in [0.15, 0.2) is 0 Å². The van der Waals surface area contributed by atoms with E-state index in [1.807, 2.05) is 0 Å². The lowest BCUT2D eigenvalue weighted by atomic mass is 9.83. The van der Waals surface area contributed by atoms with Crippen molar-refractivity contribution in [3.05, 3.63) is 0 Å². The average molecular weight is 658 g/mol. The summed E-state index contributed by atoms with van der Waals surface area (Å²) in [6, 6.07) is -4.52. The summed E-state index contributed by atoms with van der Waals surface area (Å²) >= 11 is 0. The van der Waals surface area contributed by atoms with Crippen LogP contribution < -0.4 is 28.3 Å². The Hall–Kier alpha value is -1.25. The molecule has 0 spiro atoms. The van der Waals surface area contributed by atoms with E-state index in [0.717, 1.165) is 0 Å². The fraction of sp³-hybridized carbons (Fsp3) is 0.960. The van der Waals surface area contributed by atoms with Crippen molar-refractivity contribution in [2.75, 3.05) is 19.8 Å². The Morgan fingerprint density at radius 1 is 0.689 bits per heavy atom. The Kier molecular flexibility index (Phi) is 12.5. The fourth-order valence-corrected chi connectivity index (χ4v) is 6.07. The summed E-state index contributed by atoms with van der Waals surface area (Å²) in [7, 11) is 0. The summed E-state index contributed by atoms with van der Waals surface area (Å²) in [5, 5.41) is 85.7. The second-order valence-corrected chi connectivity index (χ2v) is 11.8. The molecule has 0 radical (unpaired) electrons. The number of rotatable bonds is 10. The SMILES string of the molecule is CC(=O)N[C@@H]1C[C@H](N)[C@@H](O[C@H]2O[C@H](CO)[C@@H](O)[C@H](O)[C@H]2N)[C@H](O[C@@H]2O[C@H](CO)[C@@H](O[C@H]3O[C@@H](CN)[C@@H](O)[C@H](O)[C@H]3N)[C@H]2O)[C@H]1O. The molecule has 0 unspecified atom stereocenters. The molecule has 19 atom stereocenters. The van der Waals surface area contributed by atoms with Crippen LogP contribution in [-0.2, 0) is 33.2 Å². The van der Waals surface area contributed by atoms with E-state index in [4.69, 9.17) is 51.4 Å². The van der Waals surface area contributed by atoms with E-state index in [9.17, 15) is 45.6 Å². The first-order chi connectivity index (χ1) is 21.2. The summed E-state index contributed by atoms with van der Waals surface area (Å²) in [5.41, 5.74) is 24.0. The van der Waals surface area contributed by atoms with Crippen molar-refractivity contribution < 1.29 is 74.1 Å². The van der Waals surface area contributed by atoms with Crippen molar-refractivity contribution in [1.29, 1.82) is 0 Å². The molecular formula is C25H47N5O15. The van der Waals surface area contributed by atoms with E-state index in [2.05, 4.69) is 5.32 Å². The summed E-state index contributed by atoms with van der Waals surface area (Å²) < 4.78 is 34.6. The standard InChI is InChI=1S/C25H47N5O15/c1-6(33)30-8-2-7(27)20(43-24-13(29)18(38)16(36)10(4-31)41-24)22(14(8)34)45-25-19(39)21(11(5-32)42-25)44-23-12(28)17(37)15(35)9(3-26)40-23/h7-25,31-32,34-39H,2-5,26-29H2,1H3,(H,30,33)/t7-,8+,9-,10+,11+,12+,13+,14-,15+,16+,17+,18+,19+,20+,21+,22+,23+,24+,25-/m0/s1. The zero-order valence-corrected chi connectivity index (χ0v) is 24.5. The third-order valence-electron chi connectivity index (χ3n) is 8.66. The summed E-state index contributed by atoms with van der Waals surface area (Å²) in [4.78, 5) is 11.9. The van der Waals surface area contributed by atoms with Gasteiger partial charge in [-0.2, -0.15) is 0 Å². The molecule has 4 fully saturated rings. The van der Waals surface area contributed by atoms with Crippen LogP contribution in [0.25, 0.3) is 0 Å². The summed E-state index contributed by atoms with van der Waals surface area (Å²) in [6.45, 7) is -0.335. The van der Waals surface area contributed by atoms with Crippen LogP contribution >= 0.6 is 0 Å². The molecular weight excluding hydrogens is 610 g/mol. The Balaban J connectivity index is 1.55. The predicted molar refractivity (Wildman–Crippen MR) is 146 cm³/mol. The number of nitrogens with two attached hydrogens (primary N) is 4. The number of aliphatic hydroxyl groups excluding tert-OH is 8. The van der Waals surface area contributed by atoms with Gasteiger partial charge in [-0.15, -0.1) is 0 Å². The van der Waals surface area contributed by atoms with E-state index >= 15 is 0 Å². The van der Waals surface area contributed by atoms with Gasteiger partial charge in [0.25, 0.3) is 0 Å². The number of nitrogens with one attached hydrogen (secondary N) is 1. The van der Waals surface area contributed by atoms with Crippen LogP contribution in [0.5, 0.6) is 0 Å². The molecule has 0 aromatic heterocycles. The number of hydrogen-bond donors (Lipinski definition) is 13. The van der Waals surface area contributed by atoms with Crippen LogP contribution in [0.4, 0.5) is 0 Å². The fourth-order valence-electron chi connectivity index (χ4n) is 6.07. The molecule has 20 nitrogen and oxygen atoms in total. The molecule has 3 aliphatic heterocycles. The van der Waals surface area contributed by atoms with Crippen LogP contribution in [0.3, 0.4) is 0 Å². The molecule has 4 aliphatic rings. The van der Waals surface area contributed by atoms with Crippen LogP contribution in [-0.4, -0.2) is 183 Å². The molecule has 1 saturated carbocycles. The Morgan fingerprint density at radius 2 is 1.18 bits per heavy atom.